The number of carbonyl (C=O) groups is 1. The van der Waals surface area contributed by atoms with E-state index in [1.807, 2.05) is 26.0 Å². The van der Waals surface area contributed by atoms with E-state index in [4.69, 9.17) is 4.74 Å². The van der Waals surface area contributed by atoms with Crippen molar-refractivity contribution in [2.75, 3.05) is 10.6 Å². The van der Waals surface area contributed by atoms with Gasteiger partial charge in [0.25, 0.3) is 0 Å². The van der Waals surface area contributed by atoms with E-state index >= 15 is 8.78 Å². The Balaban J connectivity index is 1.56. The van der Waals surface area contributed by atoms with Gasteiger partial charge in [-0.2, -0.15) is 5.10 Å². The normalized spacial score (nSPS) is 19.1. The van der Waals surface area contributed by atoms with E-state index in [9.17, 15) is 4.79 Å². The molecule has 9 heteroatoms. The van der Waals surface area contributed by atoms with Gasteiger partial charge in [-0.3, -0.25) is 10.4 Å². The molecule has 1 aliphatic heterocycles. The van der Waals surface area contributed by atoms with Crippen LogP contribution in [0, 0.1) is 11.6 Å². The van der Waals surface area contributed by atoms with Gasteiger partial charge in [-0.05, 0) is 31.4 Å². The number of rotatable bonds is 3. The van der Waals surface area contributed by atoms with Crippen LogP contribution in [0.3, 0.4) is 0 Å². The number of carbonyl (C=O) groups excluding carboxylic acids is 1. The molecule has 0 bridgehead atoms. The highest BCUT2D eigenvalue weighted by molar-refractivity contribution is 5.95. The molecular weight excluding hydrogens is 428 g/mol. The molecule has 5 rings (SSSR count). The molecule has 0 fully saturated rings. The molecule has 33 heavy (non-hydrogen) atoms. The highest BCUT2D eigenvalue weighted by Gasteiger charge is 2.45. The lowest BCUT2D eigenvalue weighted by atomic mass is 9.77. The summed E-state index contributed by atoms with van der Waals surface area (Å²) in [6, 6.07) is 10.1. The van der Waals surface area contributed by atoms with Crippen LogP contribution in [-0.4, -0.2) is 32.9 Å². The smallest absolute Gasteiger partial charge is 0.413 e. The second-order valence-electron chi connectivity index (χ2n) is 8.81. The summed E-state index contributed by atoms with van der Waals surface area (Å²) in [6.07, 6.45) is 1.80. The van der Waals surface area contributed by atoms with Crippen LogP contribution in [0.25, 0.3) is 22.0 Å². The maximum absolute atomic E-state index is 16.0. The number of halogens is 2. The molecule has 4 N–H and O–H groups in total. The number of nitrogens with one attached hydrogen (secondary N) is 4. The zero-order valence-electron chi connectivity index (χ0n) is 18.3. The number of amides is 1. The standard InChI is InChI=1S/C24H23F2N5O2/c1-12-18-16(30-24(2,3)22(12)33-23(32)29-17-8-10-28-31-17)11-15(25)19(20(18)26)14-6-4-5-13-7-9-27-21(13)14/h4-12,22,27,30H,1-3H3,(H2,28,29,31,32)/t12-,22?/m0/s1. The van der Waals surface area contributed by atoms with Crippen molar-refractivity contribution in [3.8, 4) is 11.1 Å². The predicted octanol–water partition coefficient (Wildman–Crippen LogP) is 5.76. The zero-order valence-corrected chi connectivity index (χ0v) is 18.3. The summed E-state index contributed by atoms with van der Waals surface area (Å²) in [5, 5.41) is 13.0. The summed E-state index contributed by atoms with van der Waals surface area (Å²) in [6.45, 7) is 5.42. The minimum absolute atomic E-state index is 0.115. The Hall–Kier alpha value is -3.88. The van der Waals surface area contributed by atoms with Crippen LogP contribution >= 0.6 is 0 Å². The van der Waals surface area contributed by atoms with Crippen molar-refractivity contribution in [2.45, 2.75) is 38.3 Å². The molecule has 4 aromatic rings. The molecule has 1 amide bonds. The van der Waals surface area contributed by atoms with E-state index in [1.54, 1.807) is 31.3 Å². The van der Waals surface area contributed by atoms with Gasteiger partial charge in [0.05, 0.1) is 22.8 Å². The third-order valence-corrected chi connectivity index (χ3v) is 6.16. The first-order valence-corrected chi connectivity index (χ1v) is 10.6. The van der Waals surface area contributed by atoms with Crippen LogP contribution in [0.5, 0.6) is 0 Å². The number of aromatic amines is 2. The van der Waals surface area contributed by atoms with Gasteiger partial charge in [-0.25, -0.2) is 13.6 Å². The van der Waals surface area contributed by atoms with Crippen LogP contribution in [0.2, 0.25) is 0 Å². The highest BCUT2D eigenvalue weighted by atomic mass is 19.1. The first kappa shape index (κ1) is 21.0. The van der Waals surface area contributed by atoms with Gasteiger partial charge >= 0.3 is 6.09 Å². The van der Waals surface area contributed by atoms with E-state index < -0.39 is 35.3 Å². The van der Waals surface area contributed by atoms with Crippen LogP contribution < -0.4 is 10.6 Å². The molecule has 0 saturated heterocycles. The number of benzene rings is 2. The lowest BCUT2D eigenvalue weighted by molar-refractivity contribution is 0.0560. The molecule has 1 aliphatic rings. The molecule has 2 aromatic carbocycles. The molecule has 1 unspecified atom stereocenters. The number of hydrogen-bond donors (Lipinski definition) is 4. The van der Waals surface area contributed by atoms with Crippen molar-refractivity contribution in [2.24, 2.45) is 0 Å². The number of nitrogens with zero attached hydrogens (tertiary/aromatic N) is 1. The van der Waals surface area contributed by atoms with Crippen LogP contribution in [0.4, 0.5) is 25.1 Å². The highest BCUT2D eigenvalue weighted by Crippen LogP contribution is 2.46. The maximum Gasteiger partial charge on any atom is 0.413 e. The lowest BCUT2D eigenvalue weighted by Gasteiger charge is -2.44. The van der Waals surface area contributed by atoms with Crippen LogP contribution in [0.15, 0.2) is 48.8 Å². The monoisotopic (exact) mass is 451 g/mol. The fourth-order valence-electron chi connectivity index (χ4n) is 4.75. The third kappa shape index (κ3) is 3.49. The van der Waals surface area contributed by atoms with Crippen molar-refractivity contribution in [1.29, 1.82) is 0 Å². The third-order valence-electron chi connectivity index (χ3n) is 6.16. The van der Waals surface area contributed by atoms with E-state index in [2.05, 4.69) is 25.8 Å². The Morgan fingerprint density at radius 3 is 2.79 bits per heavy atom. The van der Waals surface area contributed by atoms with E-state index in [1.165, 1.54) is 12.3 Å². The Morgan fingerprint density at radius 1 is 1.21 bits per heavy atom. The number of aromatic nitrogens is 3. The molecule has 0 radical (unpaired) electrons. The topological polar surface area (TPSA) is 94.8 Å². The van der Waals surface area contributed by atoms with Gasteiger partial charge in [0.15, 0.2) is 0 Å². The van der Waals surface area contributed by atoms with Gasteiger partial charge in [-0.15, -0.1) is 0 Å². The molecule has 0 spiro atoms. The second kappa shape index (κ2) is 7.61. The molecule has 0 aliphatic carbocycles. The molecule has 0 saturated carbocycles. The summed E-state index contributed by atoms with van der Waals surface area (Å²) < 4.78 is 37.0. The summed E-state index contributed by atoms with van der Waals surface area (Å²) in [5.41, 5.74) is 0.807. The largest absolute Gasteiger partial charge is 0.443 e. The van der Waals surface area contributed by atoms with Crippen molar-refractivity contribution in [3.05, 3.63) is 66.0 Å². The molecule has 2 aromatic heterocycles. The maximum atomic E-state index is 16.0. The summed E-state index contributed by atoms with van der Waals surface area (Å²) >= 11 is 0. The van der Waals surface area contributed by atoms with E-state index in [0.29, 0.717) is 22.6 Å². The van der Waals surface area contributed by atoms with Crippen molar-refractivity contribution in [1.82, 2.24) is 15.2 Å². The Bertz CT molecular complexity index is 1350. The minimum Gasteiger partial charge on any atom is -0.443 e. The van der Waals surface area contributed by atoms with Gasteiger partial charge in [0.2, 0.25) is 0 Å². The second-order valence-corrected chi connectivity index (χ2v) is 8.81. The van der Waals surface area contributed by atoms with Crippen molar-refractivity contribution < 1.29 is 18.3 Å². The van der Waals surface area contributed by atoms with Crippen molar-refractivity contribution in [3.63, 3.8) is 0 Å². The number of anilines is 2. The number of para-hydroxylation sites is 1. The number of H-pyrrole nitrogens is 2. The van der Waals surface area contributed by atoms with E-state index in [0.717, 1.165) is 5.39 Å². The summed E-state index contributed by atoms with van der Waals surface area (Å²) in [7, 11) is 0. The SMILES string of the molecule is C[C@H]1c2c(cc(F)c(-c3cccc4cc[nH]c34)c2F)NC(C)(C)C1OC(=O)Nc1ccn[nH]1. The fraction of sp³-hybridized carbons (Fsp3) is 0.250. The average Bonchev–Trinajstić information content (AvgIpc) is 3.42. The fourth-order valence-corrected chi connectivity index (χ4v) is 4.75. The van der Waals surface area contributed by atoms with Gasteiger partial charge in [0.1, 0.15) is 23.6 Å². The Morgan fingerprint density at radius 2 is 2.03 bits per heavy atom. The van der Waals surface area contributed by atoms with Crippen LogP contribution in [0.1, 0.15) is 32.3 Å². The molecule has 2 atom stereocenters. The molecule has 3 heterocycles. The minimum atomic E-state index is -0.780. The molecular formula is C24H23F2N5O2. The van der Waals surface area contributed by atoms with Crippen molar-refractivity contribution >= 4 is 28.5 Å². The van der Waals surface area contributed by atoms with Gasteiger partial charge in [-0.1, -0.05) is 25.1 Å². The molecule has 7 nitrogen and oxygen atoms in total. The Labute approximate surface area is 188 Å². The Kier molecular flexibility index (Phi) is 4.84. The quantitative estimate of drug-likeness (QED) is 0.318. The van der Waals surface area contributed by atoms with Gasteiger partial charge < -0.3 is 15.0 Å². The first-order valence-electron chi connectivity index (χ1n) is 10.6. The van der Waals surface area contributed by atoms with E-state index in [-0.39, 0.29) is 11.1 Å². The summed E-state index contributed by atoms with van der Waals surface area (Å²) in [5.74, 6) is -1.51. The molecule has 170 valence electrons. The van der Waals surface area contributed by atoms with Gasteiger partial charge in [0, 0.05) is 35.0 Å². The first-order chi connectivity index (χ1) is 15.8. The summed E-state index contributed by atoms with van der Waals surface area (Å²) in [4.78, 5) is 15.6. The predicted molar refractivity (Wildman–Crippen MR) is 122 cm³/mol. The zero-order chi connectivity index (χ0) is 23.3. The number of hydrogen-bond acceptors (Lipinski definition) is 4. The lowest BCUT2D eigenvalue weighted by Crippen LogP contribution is -2.52. The number of ether oxygens (including phenoxy) is 1. The average molecular weight is 451 g/mol. The number of fused-ring (bicyclic) bond motifs is 2. The van der Waals surface area contributed by atoms with Crippen LogP contribution in [-0.2, 0) is 4.74 Å².